The summed E-state index contributed by atoms with van der Waals surface area (Å²) in [6, 6.07) is 8.29. The molecule has 6 nitrogen and oxygen atoms in total. The Morgan fingerprint density at radius 1 is 1.19 bits per heavy atom. The van der Waals surface area contributed by atoms with Crippen LogP contribution in [0.1, 0.15) is 37.8 Å². The summed E-state index contributed by atoms with van der Waals surface area (Å²) in [6.07, 6.45) is 3.53. The van der Waals surface area contributed by atoms with Crippen molar-refractivity contribution in [3.63, 3.8) is 0 Å². The van der Waals surface area contributed by atoms with Gasteiger partial charge in [0.1, 0.15) is 0 Å². The third-order valence-electron chi connectivity index (χ3n) is 6.07. The highest BCUT2D eigenvalue weighted by Crippen LogP contribution is 2.28. The Labute approximate surface area is 209 Å². The van der Waals surface area contributed by atoms with E-state index in [9.17, 15) is 0 Å². The van der Waals surface area contributed by atoms with Crippen molar-refractivity contribution in [2.45, 2.75) is 32.2 Å². The van der Waals surface area contributed by atoms with Crippen molar-refractivity contribution in [2.24, 2.45) is 10.9 Å². The number of aliphatic imine (C=N–C) groups is 1. The molecule has 2 saturated heterocycles. The lowest BCUT2D eigenvalue weighted by Crippen LogP contribution is -2.42. The van der Waals surface area contributed by atoms with E-state index in [1.54, 1.807) is 0 Å². The minimum Gasteiger partial charge on any atom is -0.381 e. The summed E-state index contributed by atoms with van der Waals surface area (Å²) >= 11 is 6.57. The topological polar surface area (TPSA) is 49.3 Å². The minimum atomic E-state index is 0. The standard InChI is InChI=1S/C23H37ClN4O2.HI/c1-3-25-23(27(2)11-8-19-9-14-29-15-10-19)26-18-22(28-12-16-30-17-13-28)20-6-4-5-7-21(20)24;/h4-7,19,22H,3,8-18H2,1-2H3,(H,25,26);1H. The third kappa shape index (κ3) is 8.35. The summed E-state index contributed by atoms with van der Waals surface area (Å²) in [4.78, 5) is 9.75. The maximum absolute atomic E-state index is 6.57. The second-order valence-electron chi connectivity index (χ2n) is 8.15. The van der Waals surface area contributed by atoms with Gasteiger partial charge in [-0.25, -0.2) is 0 Å². The number of rotatable bonds is 8. The zero-order valence-electron chi connectivity index (χ0n) is 18.9. The number of nitrogens with one attached hydrogen (secondary N) is 1. The highest BCUT2D eigenvalue weighted by molar-refractivity contribution is 14.0. The molecule has 0 bridgehead atoms. The van der Waals surface area contributed by atoms with Crippen molar-refractivity contribution >= 4 is 41.5 Å². The predicted octanol–water partition coefficient (Wildman–Crippen LogP) is 4.05. The van der Waals surface area contributed by atoms with Gasteiger partial charge in [0.15, 0.2) is 5.96 Å². The van der Waals surface area contributed by atoms with E-state index < -0.39 is 0 Å². The molecule has 1 aromatic rings. The first-order chi connectivity index (χ1) is 14.7. The van der Waals surface area contributed by atoms with E-state index in [1.807, 2.05) is 12.1 Å². The molecule has 0 amide bonds. The van der Waals surface area contributed by atoms with Crippen LogP contribution in [0, 0.1) is 5.92 Å². The maximum Gasteiger partial charge on any atom is 0.193 e. The van der Waals surface area contributed by atoms with Crippen LogP contribution in [0.4, 0.5) is 0 Å². The number of hydrogen-bond acceptors (Lipinski definition) is 4. The van der Waals surface area contributed by atoms with Crippen LogP contribution in [0.2, 0.25) is 5.02 Å². The predicted molar refractivity (Wildman–Crippen MR) is 139 cm³/mol. The van der Waals surface area contributed by atoms with E-state index >= 15 is 0 Å². The fraction of sp³-hybridized carbons (Fsp3) is 0.696. The van der Waals surface area contributed by atoms with Crippen LogP contribution < -0.4 is 5.32 Å². The van der Waals surface area contributed by atoms with Gasteiger partial charge in [0.05, 0.1) is 25.8 Å². The molecular formula is C23H38ClIN4O2. The van der Waals surface area contributed by atoms with E-state index in [-0.39, 0.29) is 30.0 Å². The Bertz CT molecular complexity index is 667. The Balaban J connectivity index is 0.00000341. The molecule has 0 spiro atoms. The quantitative estimate of drug-likeness (QED) is 0.293. The van der Waals surface area contributed by atoms with Crippen LogP contribution >= 0.6 is 35.6 Å². The average Bonchev–Trinajstić information content (AvgIpc) is 2.79. The third-order valence-corrected chi connectivity index (χ3v) is 6.42. The smallest absolute Gasteiger partial charge is 0.193 e. The molecular weight excluding hydrogens is 527 g/mol. The molecule has 2 aliphatic rings. The van der Waals surface area contributed by atoms with Crippen molar-refractivity contribution in [3.05, 3.63) is 34.9 Å². The summed E-state index contributed by atoms with van der Waals surface area (Å²) in [7, 11) is 2.14. The summed E-state index contributed by atoms with van der Waals surface area (Å²) < 4.78 is 11.1. The lowest BCUT2D eigenvalue weighted by molar-refractivity contribution is 0.0179. The van der Waals surface area contributed by atoms with Crippen molar-refractivity contribution < 1.29 is 9.47 Å². The van der Waals surface area contributed by atoms with Gasteiger partial charge in [0.25, 0.3) is 0 Å². The van der Waals surface area contributed by atoms with Crippen molar-refractivity contribution in [2.75, 3.05) is 66.2 Å². The SMILES string of the molecule is CCNC(=NCC(c1ccccc1Cl)N1CCOCC1)N(C)CCC1CCOCC1.I. The molecule has 1 N–H and O–H groups in total. The molecule has 1 aromatic carbocycles. The van der Waals surface area contributed by atoms with Gasteiger partial charge in [-0.2, -0.15) is 0 Å². The van der Waals surface area contributed by atoms with Crippen molar-refractivity contribution in [1.29, 1.82) is 0 Å². The Kier molecular flexibility index (Phi) is 12.5. The highest BCUT2D eigenvalue weighted by Gasteiger charge is 2.24. The van der Waals surface area contributed by atoms with E-state index in [2.05, 4.69) is 41.2 Å². The maximum atomic E-state index is 6.57. The first-order valence-electron chi connectivity index (χ1n) is 11.3. The zero-order chi connectivity index (χ0) is 21.2. The number of benzene rings is 1. The van der Waals surface area contributed by atoms with Crippen LogP contribution in [-0.4, -0.2) is 82.0 Å². The van der Waals surface area contributed by atoms with Crippen LogP contribution in [-0.2, 0) is 9.47 Å². The van der Waals surface area contributed by atoms with Crippen molar-refractivity contribution in [3.8, 4) is 0 Å². The lowest BCUT2D eigenvalue weighted by Gasteiger charge is -2.35. The molecule has 2 heterocycles. The van der Waals surface area contributed by atoms with Gasteiger partial charge in [-0.3, -0.25) is 9.89 Å². The first-order valence-corrected chi connectivity index (χ1v) is 11.7. The average molecular weight is 565 g/mol. The van der Waals surface area contributed by atoms with E-state index in [1.165, 1.54) is 19.3 Å². The van der Waals surface area contributed by atoms with Gasteiger partial charge in [0, 0.05) is 51.5 Å². The van der Waals surface area contributed by atoms with E-state index in [0.29, 0.717) is 6.54 Å². The second kappa shape index (κ2) is 14.5. The molecule has 1 unspecified atom stereocenters. The van der Waals surface area contributed by atoms with Crippen LogP contribution in [0.3, 0.4) is 0 Å². The van der Waals surface area contributed by atoms with Crippen LogP contribution in [0.25, 0.3) is 0 Å². The van der Waals surface area contributed by atoms with Crippen molar-refractivity contribution in [1.82, 2.24) is 15.1 Å². The molecule has 31 heavy (non-hydrogen) atoms. The monoisotopic (exact) mass is 564 g/mol. The van der Waals surface area contributed by atoms with E-state index in [4.69, 9.17) is 26.1 Å². The molecule has 8 heteroatoms. The molecule has 0 aliphatic carbocycles. The summed E-state index contributed by atoms with van der Waals surface area (Å²) in [6.45, 7) is 9.79. The molecule has 2 aliphatic heterocycles. The summed E-state index contributed by atoms with van der Waals surface area (Å²) in [5.74, 6) is 1.73. The van der Waals surface area contributed by atoms with Gasteiger partial charge in [-0.15, -0.1) is 24.0 Å². The summed E-state index contributed by atoms with van der Waals surface area (Å²) in [5, 5.41) is 4.28. The number of nitrogens with zero attached hydrogens (tertiary/aromatic N) is 3. The lowest BCUT2D eigenvalue weighted by atomic mass is 9.96. The van der Waals surface area contributed by atoms with Crippen LogP contribution in [0.15, 0.2) is 29.3 Å². The molecule has 0 radical (unpaired) electrons. The van der Waals surface area contributed by atoms with Crippen LogP contribution in [0.5, 0.6) is 0 Å². The minimum absolute atomic E-state index is 0. The molecule has 176 valence electrons. The molecule has 2 fully saturated rings. The Hall–Kier alpha value is -0.610. The fourth-order valence-corrected chi connectivity index (χ4v) is 4.47. The molecule has 3 rings (SSSR count). The number of halogens is 2. The zero-order valence-corrected chi connectivity index (χ0v) is 22.0. The Morgan fingerprint density at radius 2 is 1.87 bits per heavy atom. The normalized spacial score (nSPS) is 19.5. The Morgan fingerprint density at radius 3 is 2.55 bits per heavy atom. The van der Waals surface area contributed by atoms with Gasteiger partial charge < -0.3 is 19.7 Å². The number of hydrogen-bond donors (Lipinski definition) is 1. The van der Waals surface area contributed by atoms with Gasteiger partial charge >= 0.3 is 0 Å². The highest BCUT2D eigenvalue weighted by atomic mass is 127. The van der Waals surface area contributed by atoms with E-state index in [0.717, 1.165) is 75.1 Å². The number of guanidine groups is 1. The second-order valence-corrected chi connectivity index (χ2v) is 8.55. The molecule has 0 aromatic heterocycles. The fourth-order valence-electron chi connectivity index (χ4n) is 4.20. The van der Waals surface area contributed by atoms with Gasteiger partial charge in [-0.05, 0) is 43.7 Å². The van der Waals surface area contributed by atoms with Gasteiger partial charge in [0.2, 0.25) is 0 Å². The number of morpholine rings is 1. The number of ether oxygens (including phenoxy) is 2. The molecule has 0 saturated carbocycles. The largest absolute Gasteiger partial charge is 0.381 e. The summed E-state index contributed by atoms with van der Waals surface area (Å²) in [5.41, 5.74) is 1.14. The van der Waals surface area contributed by atoms with Gasteiger partial charge in [-0.1, -0.05) is 29.8 Å². The first kappa shape index (κ1) is 26.6. The molecule has 1 atom stereocenters.